The first-order valence-electron chi connectivity index (χ1n) is 9.31. The van der Waals surface area contributed by atoms with Crippen LogP contribution in [0.3, 0.4) is 0 Å². The normalized spacial score (nSPS) is 15.0. The minimum absolute atomic E-state index is 0.0520. The Morgan fingerprint density at radius 1 is 1.21 bits per heavy atom. The SMILES string of the molecule is CC(=O)N1CCC(C(=O)Nc2ccc(-c3c[nH]c4cc(F)ccc34)cn2)CC1. The van der Waals surface area contributed by atoms with Gasteiger partial charge >= 0.3 is 0 Å². The zero-order chi connectivity index (χ0) is 19.7. The summed E-state index contributed by atoms with van der Waals surface area (Å²) in [5.74, 6) is 0.0857. The number of benzene rings is 1. The lowest BCUT2D eigenvalue weighted by molar-refractivity contribution is -0.132. The Hall–Kier alpha value is -3.22. The number of nitrogens with zero attached hydrogens (tertiary/aromatic N) is 2. The molecule has 1 aliphatic heterocycles. The molecule has 1 aliphatic rings. The smallest absolute Gasteiger partial charge is 0.228 e. The number of amides is 2. The fourth-order valence-electron chi connectivity index (χ4n) is 3.65. The first-order valence-corrected chi connectivity index (χ1v) is 9.31. The molecule has 0 saturated carbocycles. The number of piperidine rings is 1. The van der Waals surface area contributed by atoms with Crippen molar-refractivity contribution < 1.29 is 14.0 Å². The second-order valence-corrected chi connectivity index (χ2v) is 7.09. The van der Waals surface area contributed by atoms with Crippen molar-refractivity contribution in [2.45, 2.75) is 19.8 Å². The molecule has 2 amide bonds. The Kier molecular flexibility index (Phi) is 4.81. The van der Waals surface area contributed by atoms with E-state index in [0.29, 0.717) is 31.7 Å². The molecule has 0 aliphatic carbocycles. The number of rotatable bonds is 3. The van der Waals surface area contributed by atoms with Gasteiger partial charge in [0.15, 0.2) is 0 Å². The summed E-state index contributed by atoms with van der Waals surface area (Å²) in [6.07, 6.45) is 4.84. The minimum atomic E-state index is -0.286. The van der Waals surface area contributed by atoms with Crippen molar-refractivity contribution in [1.29, 1.82) is 0 Å². The first kappa shape index (κ1) is 18.2. The molecular formula is C21H21FN4O2. The summed E-state index contributed by atoms with van der Waals surface area (Å²) in [6.45, 7) is 2.78. The number of carbonyl (C=O) groups is 2. The summed E-state index contributed by atoms with van der Waals surface area (Å²) in [5.41, 5.74) is 2.53. The lowest BCUT2D eigenvalue weighted by atomic mass is 9.96. The third-order valence-corrected chi connectivity index (χ3v) is 5.28. The molecule has 0 spiro atoms. The summed E-state index contributed by atoms with van der Waals surface area (Å²) in [4.78, 5) is 33.0. The van der Waals surface area contributed by atoms with Crippen LogP contribution < -0.4 is 5.32 Å². The molecule has 0 atom stereocenters. The molecule has 1 saturated heterocycles. The van der Waals surface area contributed by atoms with E-state index >= 15 is 0 Å². The van der Waals surface area contributed by atoms with Gasteiger partial charge in [-0.25, -0.2) is 9.37 Å². The minimum Gasteiger partial charge on any atom is -0.360 e. The van der Waals surface area contributed by atoms with E-state index in [1.54, 1.807) is 30.2 Å². The highest BCUT2D eigenvalue weighted by atomic mass is 19.1. The molecule has 28 heavy (non-hydrogen) atoms. The standard InChI is InChI=1S/C21H21FN4O2/c1-13(27)26-8-6-14(7-9-26)21(28)25-20-5-2-15(11-24-20)18-12-23-19-10-16(22)3-4-17(18)19/h2-5,10-12,14,23H,6-9H2,1H3,(H,24,25,28). The van der Waals surface area contributed by atoms with Crippen LogP contribution in [0.1, 0.15) is 19.8 Å². The van der Waals surface area contributed by atoms with E-state index in [2.05, 4.69) is 15.3 Å². The van der Waals surface area contributed by atoms with Gasteiger partial charge in [0, 0.05) is 60.4 Å². The number of hydrogen-bond acceptors (Lipinski definition) is 3. The van der Waals surface area contributed by atoms with Crippen molar-refractivity contribution in [3.8, 4) is 11.1 Å². The molecule has 0 radical (unpaired) electrons. The average Bonchev–Trinajstić information content (AvgIpc) is 3.11. The zero-order valence-corrected chi connectivity index (χ0v) is 15.5. The number of halogens is 1. The van der Waals surface area contributed by atoms with Crippen molar-refractivity contribution in [3.05, 3.63) is 48.5 Å². The van der Waals surface area contributed by atoms with Crippen molar-refractivity contribution in [3.63, 3.8) is 0 Å². The van der Waals surface area contributed by atoms with Crippen LogP contribution in [0, 0.1) is 11.7 Å². The predicted octanol–water partition coefficient (Wildman–Crippen LogP) is 3.57. The van der Waals surface area contributed by atoms with E-state index in [1.165, 1.54) is 12.1 Å². The van der Waals surface area contributed by atoms with E-state index in [-0.39, 0.29) is 23.5 Å². The molecule has 144 valence electrons. The van der Waals surface area contributed by atoms with Gasteiger partial charge in [-0.2, -0.15) is 0 Å². The van der Waals surface area contributed by atoms with Crippen LogP contribution in [0.15, 0.2) is 42.7 Å². The van der Waals surface area contributed by atoms with Gasteiger partial charge in [0.2, 0.25) is 11.8 Å². The van der Waals surface area contributed by atoms with Gasteiger partial charge in [-0.05, 0) is 43.2 Å². The number of anilines is 1. The van der Waals surface area contributed by atoms with Gasteiger partial charge in [0.25, 0.3) is 0 Å². The Bertz CT molecular complexity index is 1020. The second-order valence-electron chi connectivity index (χ2n) is 7.09. The Labute approximate surface area is 161 Å². The van der Waals surface area contributed by atoms with Crippen LogP contribution in [0.2, 0.25) is 0 Å². The van der Waals surface area contributed by atoms with Gasteiger partial charge < -0.3 is 15.2 Å². The molecule has 2 N–H and O–H groups in total. The molecule has 0 bridgehead atoms. The van der Waals surface area contributed by atoms with Crippen LogP contribution in [0.4, 0.5) is 10.2 Å². The Morgan fingerprint density at radius 2 is 2.00 bits per heavy atom. The highest BCUT2D eigenvalue weighted by Gasteiger charge is 2.26. The summed E-state index contributed by atoms with van der Waals surface area (Å²) < 4.78 is 13.3. The monoisotopic (exact) mass is 380 g/mol. The van der Waals surface area contributed by atoms with E-state index in [0.717, 1.165) is 22.0 Å². The molecule has 0 unspecified atom stereocenters. The number of hydrogen-bond donors (Lipinski definition) is 2. The molecule has 2 aromatic heterocycles. The van der Waals surface area contributed by atoms with Crippen LogP contribution in [-0.4, -0.2) is 39.8 Å². The number of pyridine rings is 1. The maximum absolute atomic E-state index is 13.3. The lowest BCUT2D eigenvalue weighted by Gasteiger charge is -2.30. The number of aromatic amines is 1. The average molecular weight is 380 g/mol. The van der Waals surface area contributed by atoms with Crippen LogP contribution >= 0.6 is 0 Å². The van der Waals surface area contributed by atoms with Gasteiger partial charge in [0.1, 0.15) is 11.6 Å². The number of nitrogens with one attached hydrogen (secondary N) is 2. The van der Waals surface area contributed by atoms with E-state index in [4.69, 9.17) is 0 Å². The van der Waals surface area contributed by atoms with Gasteiger partial charge in [-0.1, -0.05) is 0 Å². The molecule has 3 aromatic rings. The number of fused-ring (bicyclic) bond motifs is 1. The number of likely N-dealkylation sites (tertiary alicyclic amines) is 1. The predicted molar refractivity (Wildman–Crippen MR) is 105 cm³/mol. The van der Waals surface area contributed by atoms with Gasteiger partial charge in [-0.3, -0.25) is 9.59 Å². The van der Waals surface area contributed by atoms with Crippen molar-refractivity contribution in [2.75, 3.05) is 18.4 Å². The fraction of sp³-hybridized carbons (Fsp3) is 0.286. The topological polar surface area (TPSA) is 78.1 Å². The number of aromatic nitrogens is 2. The van der Waals surface area contributed by atoms with Gasteiger partial charge in [0.05, 0.1) is 0 Å². The summed E-state index contributed by atoms with van der Waals surface area (Å²) in [6, 6.07) is 8.27. The molecule has 7 heteroatoms. The zero-order valence-electron chi connectivity index (χ0n) is 15.5. The largest absolute Gasteiger partial charge is 0.360 e. The fourth-order valence-corrected chi connectivity index (χ4v) is 3.65. The molecule has 1 fully saturated rings. The Morgan fingerprint density at radius 3 is 2.68 bits per heavy atom. The van der Waals surface area contributed by atoms with E-state index < -0.39 is 0 Å². The van der Waals surface area contributed by atoms with Crippen LogP contribution in [-0.2, 0) is 9.59 Å². The third kappa shape index (κ3) is 3.60. The molecular weight excluding hydrogens is 359 g/mol. The molecule has 6 nitrogen and oxygen atoms in total. The van der Waals surface area contributed by atoms with Crippen molar-refractivity contribution in [2.24, 2.45) is 5.92 Å². The van der Waals surface area contributed by atoms with Crippen LogP contribution in [0.25, 0.3) is 22.0 Å². The maximum Gasteiger partial charge on any atom is 0.228 e. The number of carbonyl (C=O) groups excluding carboxylic acids is 2. The highest BCUT2D eigenvalue weighted by Crippen LogP contribution is 2.29. The molecule has 3 heterocycles. The highest BCUT2D eigenvalue weighted by molar-refractivity contribution is 5.96. The molecule has 1 aromatic carbocycles. The van der Waals surface area contributed by atoms with E-state index in [1.807, 2.05) is 12.3 Å². The van der Waals surface area contributed by atoms with Crippen molar-refractivity contribution in [1.82, 2.24) is 14.9 Å². The summed E-state index contributed by atoms with van der Waals surface area (Å²) >= 11 is 0. The Balaban J connectivity index is 1.43. The lowest BCUT2D eigenvalue weighted by Crippen LogP contribution is -2.40. The van der Waals surface area contributed by atoms with E-state index in [9.17, 15) is 14.0 Å². The number of H-pyrrole nitrogens is 1. The third-order valence-electron chi connectivity index (χ3n) is 5.28. The summed E-state index contributed by atoms with van der Waals surface area (Å²) in [5, 5.41) is 3.78. The van der Waals surface area contributed by atoms with Crippen molar-refractivity contribution >= 4 is 28.5 Å². The maximum atomic E-state index is 13.3. The first-order chi connectivity index (χ1) is 13.5. The van der Waals surface area contributed by atoms with Crippen LogP contribution in [0.5, 0.6) is 0 Å². The second kappa shape index (κ2) is 7.42. The quantitative estimate of drug-likeness (QED) is 0.729. The summed E-state index contributed by atoms with van der Waals surface area (Å²) in [7, 11) is 0. The van der Waals surface area contributed by atoms with Gasteiger partial charge in [-0.15, -0.1) is 0 Å². The molecule has 4 rings (SSSR count).